The second-order valence-corrected chi connectivity index (χ2v) is 10.0. The molecule has 0 radical (unpaired) electrons. The molecule has 5 unspecified atom stereocenters. The maximum Gasteiger partial charge on any atom is 0.326 e. The van der Waals surface area contributed by atoms with E-state index in [0.29, 0.717) is 12.8 Å². The summed E-state index contributed by atoms with van der Waals surface area (Å²) >= 11 is 0. The first-order chi connectivity index (χ1) is 19.8. The van der Waals surface area contributed by atoms with E-state index < -0.39 is 66.2 Å². The van der Waals surface area contributed by atoms with Crippen LogP contribution in [0.25, 0.3) is 10.9 Å². The third-order valence-electron chi connectivity index (χ3n) is 6.82. The molecule has 0 aliphatic rings. The van der Waals surface area contributed by atoms with Gasteiger partial charge in [0, 0.05) is 30.1 Å². The minimum atomic E-state index is -1.70. The topological polar surface area (TPSA) is 268 Å². The van der Waals surface area contributed by atoms with Crippen LogP contribution in [0.1, 0.15) is 45.1 Å². The maximum absolute atomic E-state index is 13.6. The highest BCUT2D eigenvalue weighted by molar-refractivity contribution is 5.95. The number of para-hydroxylation sites is 1. The molecule has 42 heavy (non-hydrogen) atoms. The summed E-state index contributed by atoms with van der Waals surface area (Å²) in [7, 11) is 0. The number of amides is 3. The van der Waals surface area contributed by atoms with Gasteiger partial charge in [-0.15, -0.1) is 0 Å². The zero-order valence-corrected chi connectivity index (χ0v) is 23.6. The molecule has 230 valence electrons. The van der Waals surface area contributed by atoms with Crippen molar-refractivity contribution in [1.82, 2.24) is 20.9 Å². The van der Waals surface area contributed by atoms with E-state index in [1.165, 1.54) is 0 Å². The SMILES string of the molecule is CCC(C)C(NC(=O)C(Cc1c[nH]c2ccccc12)NC(=O)C(N)CCCN=C(N)N)C(=O)NC(CC(=O)O)C(=O)O. The van der Waals surface area contributed by atoms with Crippen LogP contribution in [0.2, 0.25) is 0 Å². The number of H-pyrrole nitrogens is 1. The second-order valence-electron chi connectivity index (χ2n) is 10.0. The summed E-state index contributed by atoms with van der Waals surface area (Å²) < 4.78 is 0. The standard InChI is InChI=1S/C27H40N8O7/c1-3-14(2)22(25(40)34-20(26(41)42)12-21(36)37)35-24(39)19(11-15-13-32-18-9-5-4-7-16(15)18)33-23(38)17(28)8-6-10-31-27(29)30/h4-5,7,9,13-14,17,19-20,22,32H,3,6,8,10-12,28H2,1-2H3,(H,33,38)(H,34,40)(H,35,39)(H,36,37)(H,41,42)(H4,29,30,31). The maximum atomic E-state index is 13.6. The number of carboxylic acid groups (broad SMARTS) is 2. The number of nitrogens with zero attached hydrogens (tertiary/aromatic N) is 1. The molecule has 0 saturated carbocycles. The fourth-order valence-corrected chi connectivity index (χ4v) is 4.25. The van der Waals surface area contributed by atoms with Crippen molar-refractivity contribution in [2.24, 2.45) is 28.1 Å². The Balaban J connectivity index is 2.28. The van der Waals surface area contributed by atoms with Crippen LogP contribution in [-0.2, 0) is 30.4 Å². The quantitative estimate of drug-likeness (QED) is 0.0627. The number of benzene rings is 1. The zero-order valence-electron chi connectivity index (χ0n) is 23.6. The molecule has 0 spiro atoms. The molecule has 0 fully saturated rings. The van der Waals surface area contributed by atoms with E-state index >= 15 is 0 Å². The van der Waals surface area contributed by atoms with Gasteiger partial charge in [-0.05, 0) is 30.4 Å². The predicted molar refractivity (Wildman–Crippen MR) is 155 cm³/mol. The number of aliphatic imine (C=N–C) groups is 1. The van der Waals surface area contributed by atoms with E-state index in [-0.39, 0.29) is 25.3 Å². The van der Waals surface area contributed by atoms with Crippen LogP contribution in [0.5, 0.6) is 0 Å². The minimum absolute atomic E-state index is 0.0495. The van der Waals surface area contributed by atoms with Gasteiger partial charge in [-0.2, -0.15) is 0 Å². The number of hydrogen-bond acceptors (Lipinski definition) is 7. The number of aliphatic carboxylic acids is 2. The molecule has 2 rings (SSSR count). The predicted octanol–water partition coefficient (Wildman–Crippen LogP) is -0.849. The minimum Gasteiger partial charge on any atom is -0.481 e. The van der Waals surface area contributed by atoms with Crippen molar-refractivity contribution in [3.8, 4) is 0 Å². The van der Waals surface area contributed by atoms with Gasteiger partial charge in [0.25, 0.3) is 0 Å². The van der Waals surface area contributed by atoms with Gasteiger partial charge in [-0.25, -0.2) is 4.79 Å². The van der Waals surface area contributed by atoms with Crippen molar-refractivity contribution in [1.29, 1.82) is 0 Å². The van der Waals surface area contributed by atoms with Gasteiger partial charge < -0.3 is 48.3 Å². The second kappa shape index (κ2) is 16.0. The lowest BCUT2D eigenvalue weighted by atomic mass is 9.96. The summed E-state index contributed by atoms with van der Waals surface area (Å²) in [4.78, 5) is 69.3. The Morgan fingerprint density at radius 3 is 2.26 bits per heavy atom. The first-order valence-corrected chi connectivity index (χ1v) is 13.6. The normalized spacial score (nSPS) is 14.5. The van der Waals surface area contributed by atoms with E-state index in [2.05, 4.69) is 25.9 Å². The molecule has 15 heteroatoms. The van der Waals surface area contributed by atoms with Crippen LogP contribution >= 0.6 is 0 Å². The van der Waals surface area contributed by atoms with Gasteiger partial charge in [-0.3, -0.25) is 24.2 Å². The van der Waals surface area contributed by atoms with Crippen LogP contribution < -0.4 is 33.2 Å². The highest BCUT2D eigenvalue weighted by Crippen LogP contribution is 2.20. The summed E-state index contributed by atoms with van der Waals surface area (Å²) in [6, 6.07) is 2.35. The summed E-state index contributed by atoms with van der Waals surface area (Å²) in [6.45, 7) is 3.72. The summed E-state index contributed by atoms with van der Waals surface area (Å²) in [6.07, 6.45) is 2.01. The molecule has 1 aromatic carbocycles. The number of hydrogen-bond donors (Lipinski definition) is 9. The smallest absolute Gasteiger partial charge is 0.326 e. The summed E-state index contributed by atoms with van der Waals surface area (Å²) in [5, 5.41) is 26.7. The number of rotatable bonds is 17. The first kappa shape index (κ1) is 33.5. The number of carbonyl (C=O) groups is 5. The molecule has 2 aromatic rings. The van der Waals surface area contributed by atoms with Crippen LogP contribution in [0, 0.1) is 5.92 Å². The monoisotopic (exact) mass is 588 g/mol. The molecule has 5 atom stereocenters. The van der Waals surface area contributed by atoms with Crippen molar-refractivity contribution in [2.75, 3.05) is 6.54 Å². The number of aromatic nitrogens is 1. The molecule has 12 N–H and O–H groups in total. The lowest BCUT2D eigenvalue weighted by molar-refractivity contribution is -0.147. The molecule has 0 aliphatic carbocycles. The lowest BCUT2D eigenvalue weighted by Crippen LogP contribution is -2.59. The Hall–Kier alpha value is -4.66. The number of nitrogens with two attached hydrogens (primary N) is 3. The van der Waals surface area contributed by atoms with Crippen molar-refractivity contribution in [3.05, 3.63) is 36.0 Å². The molecule has 0 aliphatic heterocycles. The number of nitrogens with one attached hydrogen (secondary N) is 4. The van der Waals surface area contributed by atoms with Gasteiger partial charge in [-0.1, -0.05) is 38.5 Å². The molecule has 0 bridgehead atoms. The molecule has 0 saturated heterocycles. The third kappa shape index (κ3) is 10.1. The van der Waals surface area contributed by atoms with Crippen LogP contribution in [0.3, 0.4) is 0 Å². The number of aromatic amines is 1. The first-order valence-electron chi connectivity index (χ1n) is 13.6. The van der Waals surface area contributed by atoms with Crippen LogP contribution in [0.15, 0.2) is 35.5 Å². The Bertz CT molecular complexity index is 1290. The average Bonchev–Trinajstić information content (AvgIpc) is 3.34. The van der Waals surface area contributed by atoms with E-state index in [1.807, 2.05) is 24.3 Å². The largest absolute Gasteiger partial charge is 0.481 e. The third-order valence-corrected chi connectivity index (χ3v) is 6.82. The molecule has 1 aromatic heterocycles. The Morgan fingerprint density at radius 1 is 0.976 bits per heavy atom. The fraction of sp³-hybridized carbons (Fsp3) is 0.481. The molecule has 3 amide bonds. The van der Waals surface area contributed by atoms with Crippen molar-refractivity contribution in [2.45, 2.75) is 70.1 Å². The van der Waals surface area contributed by atoms with Gasteiger partial charge >= 0.3 is 11.9 Å². The van der Waals surface area contributed by atoms with E-state index in [4.69, 9.17) is 22.3 Å². The van der Waals surface area contributed by atoms with Crippen molar-refractivity contribution in [3.63, 3.8) is 0 Å². The highest BCUT2D eigenvalue weighted by atomic mass is 16.4. The fourth-order valence-electron chi connectivity index (χ4n) is 4.25. The van der Waals surface area contributed by atoms with Crippen molar-refractivity contribution < 1.29 is 34.2 Å². The zero-order chi connectivity index (χ0) is 31.4. The van der Waals surface area contributed by atoms with E-state index in [1.54, 1.807) is 20.0 Å². The Labute approximate surface area is 242 Å². The van der Waals surface area contributed by atoms with E-state index in [9.17, 15) is 29.1 Å². The number of fused-ring (bicyclic) bond motifs is 1. The Kier molecular flexibility index (Phi) is 12.7. The van der Waals surface area contributed by atoms with Gasteiger partial charge in [0.1, 0.15) is 18.1 Å². The number of carboxylic acids is 2. The van der Waals surface area contributed by atoms with Gasteiger partial charge in [0.15, 0.2) is 5.96 Å². The van der Waals surface area contributed by atoms with Gasteiger partial charge in [0.05, 0.1) is 12.5 Å². The molecular weight excluding hydrogens is 548 g/mol. The summed E-state index contributed by atoms with van der Waals surface area (Å²) in [5.41, 5.74) is 18.2. The highest BCUT2D eigenvalue weighted by Gasteiger charge is 2.33. The molecular formula is C27H40N8O7. The van der Waals surface area contributed by atoms with Crippen molar-refractivity contribution >= 4 is 46.5 Å². The van der Waals surface area contributed by atoms with Gasteiger partial charge in [0.2, 0.25) is 17.7 Å². The Morgan fingerprint density at radius 2 is 1.64 bits per heavy atom. The van der Waals surface area contributed by atoms with E-state index in [0.717, 1.165) is 16.5 Å². The van der Waals surface area contributed by atoms with Crippen LogP contribution in [-0.4, -0.2) is 81.5 Å². The summed E-state index contributed by atoms with van der Waals surface area (Å²) in [5.74, 6) is -5.65. The molecule has 15 nitrogen and oxygen atoms in total. The number of carbonyl (C=O) groups excluding carboxylic acids is 3. The average molecular weight is 589 g/mol. The van der Waals surface area contributed by atoms with Crippen LogP contribution in [0.4, 0.5) is 0 Å². The molecule has 1 heterocycles. The number of guanidine groups is 1. The lowest BCUT2D eigenvalue weighted by Gasteiger charge is -2.28.